The van der Waals surface area contributed by atoms with Crippen molar-refractivity contribution in [2.24, 2.45) is 16.7 Å². The van der Waals surface area contributed by atoms with Gasteiger partial charge in [0.25, 0.3) is 0 Å². The SMILES string of the molecule is NC1=NN(N)SC=C1. The van der Waals surface area contributed by atoms with Crippen molar-refractivity contribution in [1.82, 2.24) is 4.52 Å². The van der Waals surface area contributed by atoms with E-state index in [1.807, 2.05) is 0 Å². The van der Waals surface area contributed by atoms with Gasteiger partial charge in [0.05, 0.1) is 0 Å². The van der Waals surface area contributed by atoms with Crippen molar-refractivity contribution in [3.63, 3.8) is 0 Å². The third-order valence-electron chi connectivity index (χ3n) is 0.622. The molecule has 0 fully saturated rings. The van der Waals surface area contributed by atoms with Gasteiger partial charge in [-0.25, -0.2) is 5.84 Å². The van der Waals surface area contributed by atoms with Crippen molar-refractivity contribution in [2.75, 3.05) is 0 Å². The van der Waals surface area contributed by atoms with Crippen LogP contribution in [0.15, 0.2) is 16.6 Å². The predicted molar refractivity (Wildman–Crippen MR) is 34.4 cm³/mol. The summed E-state index contributed by atoms with van der Waals surface area (Å²) in [5.74, 6) is 5.64. The van der Waals surface area contributed by atoms with Crippen LogP contribution >= 0.6 is 11.9 Å². The molecule has 0 radical (unpaired) electrons. The summed E-state index contributed by atoms with van der Waals surface area (Å²) in [5, 5.41) is 5.43. The van der Waals surface area contributed by atoms with E-state index in [2.05, 4.69) is 5.10 Å². The van der Waals surface area contributed by atoms with E-state index >= 15 is 0 Å². The highest BCUT2D eigenvalue weighted by molar-refractivity contribution is 7.99. The van der Waals surface area contributed by atoms with E-state index in [4.69, 9.17) is 11.6 Å². The number of hydrazone groups is 1. The van der Waals surface area contributed by atoms with Crippen LogP contribution in [0.3, 0.4) is 0 Å². The number of rotatable bonds is 0. The van der Waals surface area contributed by atoms with E-state index in [0.717, 1.165) is 0 Å². The lowest BCUT2D eigenvalue weighted by Crippen LogP contribution is -2.23. The number of hydrazine groups is 1. The Labute approximate surface area is 51.3 Å². The van der Waals surface area contributed by atoms with Crippen LogP contribution in [-0.2, 0) is 0 Å². The quantitative estimate of drug-likeness (QED) is 0.346. The second-order valence-corrected chi connectivity index (χ2v) is 2.09. The van der Waals surface area contributed by atoms with Crippen LogP contribution in [0.4, 0.5) is 0 Å². The lowest BCUT2D eigenvalue weighted by molar-refractivity contribution is 0.537. The Bertz CT molecular complexity index is 140. The molecule has 5 heteroatoms. The van der Waals surface area contributed by atoms with Crippen molar-refractivity contribution in [3.8, 4) is 0 Å². The molecule has 0 saturated heterocycles. The minimum absolute atomic E-state index is 0.436. The Hall–Kier alpha value is -0.680. The zero-order valence-electron chi connectivity index (χ0n) is 4.11. The standard InChI is InChI=1S/C3H6N4S/c4-3-1-2-8-7(5)6-3/h1-2H,5H2,(H2,4,6). The minimum atomic E-state index is 0.436. The van der Waals surface area contributed by atoms with Crippen LogP contribution in [0.2, 0.25) is 0 Å². The molecule has 0 amide bonds. The molecule has 0 saturated carbocycles. The molecule has 4 N–H and O–H groups in total. The number of amidine groups is 1. The average molecular weight is 130 g/mol. The van der Waals surface area contributed by atoms with Crippen LogP contribution in [-0.4, -0.2) is 10.4 Å². The summed E-state index contributed by atoms with van der Waals surface area (Å²) >= 11 is 1.28. The maximum absolute atomic E-state index is 5.25. The van der Waals surface area contributed by atoms with Gasteiger partial charge in [-0.2, -0.15) is 4.52 Å². The molecule has 0 aliphatic carbocycles. The molecule has 0 unspecified atom stereocenters. The molecule has 1 aliphatic rings. The number of hydrogen-bond acceptors (Lipinski definition) is 5. The summed E-state index contributed by atoms with van der Waals surface area (Å²) in [7, 11) is 0. The first-order valence-corrected chi connectivity index (χ1v) is 2.85. The summed E-state index contributed by atoms with van der Waals surface area (Å²) < 4.78 is 1.20. The fraction of sp³-hybridized carbons (Fsp3) is 0. The topological polar surface area (TPSA) is 67.6 Å². The largest absolute Gasteiger partial charge is 0.382 e. The third-order valence-corrected chi connectivity index (χ3v) is 1.18. The lowest BCUT2D eigenvalue weighted by atomic mass is 10.6. The monoisotopic (exact) mass is 130 g/mol. The van der Waals surface area contributed by atoms with E-state index in [-0.39, 0.29) is 0 Å². The first kappa shape index (κ1) is 5.46. The Kier molecular flexibility index (Phi) is 1.40. The van der Waals surface area contributed by atoms with E-state index in [0.29, 0.717) is 5.84 Å². The van der Waals surface area contributed by atoms with E-state index in [1.54, 1.807) is 11.5 Å². The summed E-state index contributed by atoms with van der Waals surface area (Å²) in [6.07, 6.45) is 1.69. The molecule has 0 aromatic rings. The fourth-order valence-corrected chi connectivity index (χ4v) is 0.800. The molecule has 0 aromatic heterocycles. The molecule has 1 heterocycles. The molecule has 0 atom stereocenters. The smallest absolute Gasteiger partial charge is 0.146 e. The predicted octanol–water partition coefficient (Wildman–Crippen LogP) is -0.390. The molecule has 1 aliphatic heterocycles. The normalized spacial score (nSPS) is 18.6. The van der Waals surface area contributed by atoms with Crippen LogP contribution in [0, 0.1) is 0 Å². The van der Waals surface area contributed by atoms with Gasteiger partial charge in [-0.1, -0.05) is 0 Å². The van der Waals surface area contributed by atoms with Gasteiger partial charge < -0.3 is 5.73 Å². The number of nitrogens with zero attached hydrogens (tertiary/aromatic N) is 2. The van der Waals surface area contributed by atoms with Crippen LogP contribution in [0.25, 0.3) is 0 Å². The van der Waals surface area contributed by atoms with E-state index in [9.17, 15) is 0 Å². The van der Waals surface area contributed by atoms with Crippen molar-refractivity contribution in [2.45, 2.75) is 0 Å². The molecule has 0 aromatic carbocycles. The van der Waals surface area contributed by atoms with Gasteiger partial charge in [0.1, 0.15) is 5.84 Å². The molecule has 0 bridgehead atoms. The van der Waals surface area contributed by atoms with E-state index < -0.39 is 0 Å². The molecule has 1 rings (SSSR count). The maximum atomic E-state index is 5.25. The molecule has 4 nitrogen and oxygen atoms in total. The van der Waals surface area contributed by atoms with Gasteiger partial charge in [-0.3, -0.25) is 0 Å². The summed E-state index contributed by atoms with van der Waals surface area (Å²) in [5.41, 5.74) is 5.25. The number of nitrogens with two attached hydrogens (primary N) is 2. The Balaban J connectivity index is 2.63. The van der Waals surface area contributed by atoms with Crippen LogP contribution in [0.1, 0.15) is 0 Å². The van der Waals surface area contributed by atoms with Crippen LogP contribution in [0.5, 0.6) is 0 Å². The summed E-state index contributed by atoms with van der Waals surface area (Å²) in [6, 6.07) is 0. The fourth-order valence-electron chi connectivity index (χ4n) is 0.333. The van der Waals surface area contributed by atoms with Gasteiger partial charge in [-0.15, -0.1) is 5.10 Å². The highest BCUT2D eigenvalue weighted by Crippen LogP contribution is 2.09. The van der Waals surface area contributed by atoms with Crippen molar-refractivity contribution in [1.29, 1.82) is 0 Å². The van der Waals surface area contributed by atoms with Gasteiger partial charge in [0.15, 0.2) is 0 Å². The molecule has 44 valence electrons. The number of hydrogen-bond donors (Lipinski definition) is 2. The zero-order chi connectivity index (χ0) is 5.98. The Morgan fingerprint density at radius 2 is 2.50 bits per heavy atom. The van der Waals surface area contributed by atoms with Crippen molar-refractivity contribution < 1.29 is 0 Å². The molecule has 8 heavy (non-hydrogen) atoms. The Morgan fingerprint density at radius 3 is 2.88 bits per heavy atom. The lowest BCUT2D eigenvalue weighted by Gasteiger charge is -2.10. The summed E-state index contributed by atoms with van der Waals surface area (Å²) in [6.45, 7) is 0. The second kappa shape index (κ2) is 2.06. The van der Waals surface area contributed by atoms with Gasteiger partial charge >= 0.3 is 0 Å². The average Bonchev–Trinajstić information content (AvgIpc) is 1.64. The van der Waals surface area contributed by atoms with Crippen LogP contribution < -0.4 is 11.6 Å². The van der Waals surface area contributed by atoms with Crippen molar-refractivity contribution in [3.05, 3.63) is 11.5 Å². The van der Waals surface area contributed by atoms with E-state index in [1.165, 1.54) is 16.5 Å². The maximum Gasteiger partial charge on any atom is 0.146 e. The first-order chi connectivity index (χ1) is 3.79. The van der Waals surface area contributed by atoms with Crippen molar-refractivity contribution >= 4 is 17.8 Å². The third kappa shape index (κ3) is 1.14. The summed E-state index contributed by atoms with van der Waals surface area (Å²) in [4.78, 5) is 0. The highest BCUT2D eigenvalue weighted by Gasteiger charge is 1.97. The van der Waals surface area contributed by atoms with Gasteiger partial charge in [0.2, 0.25) is 0 Å². The first-order valence-electron chi connectivity index (χ1n) is 2.01. The minimum Gasteiger partial charge on any atom is -0.382 e. The zero-order valence-corrected chi connectivity index (χ0v) is 4.93. The van der Waals surface area contributed by atoms with Gasteiger partial charge in [-0.05, 0) is 11.5 Å². The Morgan fingerprint density at radius 1 is 1.75 bits per heavy atom. The highest BCUT2D eigenvalue weighted by atomic mass is 32.2. The molecular weight excluding hydrogens is 124 g/mol. The molecule has 0 spiro atoms. The second-order valence-electron chi connectivity index (χ2n) is 1.24. The van der Waals surface area contributed by atoms with Gasteiger partial charge in [0, 0.05) is 11.9 Å². The molecular formula is C3H6N4S.